The summed E-state index contributed by atoms with van der Waals surface area (Å²) in [6, 6.07) is 19.2. The van der Waals surface area contributed by atoms with Gasteiger partial charge in [0.15, 0.2) is 5.78 Å². The number of likely N-dealkylation sites (tertiary alicyclic amines) is 1. The third-order valence-corrected chi connectivity index (χ3v) is 7.40. The van der Waals surface area contributed by atoms with E-state index in [4.69, 9.17) is 9.47 Å². The van der Waals surface area contributed by atoms with Crippen LogP contribution in [-0.2, 0) is 4.74 Å². The van der Waals surface area contributed by atoms with E-state index in [1.807, 2.05) is 26.0 Å². The number of carbonyl (C=O) groups excluding carboxylic acids is 1. The van der Waals surface area contributed by atoms with Crippen LogP contribution in [0.25, 0.3) is 20.5 Å². The van der Waals surface area contributed by atoms with Crippen molar-refractivity contribution < 1.29 is 24.5 Å². The normalized spacial score (nSPS) is 13.6. The van der Waals surface area contributed by atoms with Crippen LogP contribution < -0.4 is 4.74 Å². The molecule has 1 aliphatic heterocycles. The maximum Gasteiger partial charge on any atom is 0.195 e. The van der Waals surface area contributed by atoms with Crippen molar-refractivity contribution in [2.45, 2.75) is 26.4 Å². The van der Waals surface area contributed by atoms with E-state index in [1.165, 1.54) is 11.3 Å². The number of nitrogens with zero attached hydrogens (tertiary/aromatic N) is 1. The monoisotopic (exact) mass is 519 g/mol. The number of phenols is 2. The second-order valence-corrected chi connectivity index (χ2v) is 9.79. The Kier molecular flexibility index (Phi) is 8.82. The summed E-state index contributed by atoms with van der Waals surface area (Å²) in [5, 5.41) is 20.4. The Morgan fingerprint density at radius 1 is 0.973 bits per heavy atom. The number of ether oxygens (including phenoxy) is 2. The van der Waals surface area contributed by atoms with Gasteiger partial charge >= 0.3 is 0 Å². The lowest BCUT2D eigenvalue weighted by Gasteiger charge is -2.39. The Balaban J connectivity index is 0.00000156. The molecule has 1 aliphatic rings. The van der Waals surface area contributed by atoms with Gasteiger partial charge in [0, 0.05) is 59.4 Å². The Bertz CT molecular complexity index is 1320. The van der Waals surface area contributed by atoms with Gasteiger partial charge in [-0.15, -0.1) is 11.3 Å². The van der Waals surface area contributed by atoms with E-state index < -0.39 is 0 Å². The minimum absolute atomic E-state index is 0.0930. The summed E-state index contributed by atoms with van der Waals surface area (Å²) in [5.74, 6) is 0.983. The van der Waals surface area contributed by atoms with E-state index in [0.717, 1.165) is 58.9 Å². The van der Waals surface area contributed by atoms with Gasteiger partial charge < -0.3 is 19.7 Å². The molecule has 194 valence electrons. The minimum Gasteiger partial charge on any atom is -0.508 e. The van der Waals surface area contributed by atoms with Crippen molar-refractivity contribution >= 4 is 27.2 Å². The highest BCUT2D eigenvalue weighted by molar-refractivity contribution is 7.22. The van der Waals surface area contributed by atoms with Crippen molar-refractivity contribution in [1.29, 1.82) is 0 Å². The highest BCUT2D eigenvalue weighted by atomic mass is 32.1. The van der Waals surface area contributed by atoms with Crippen LogP contribution in [0.15, 0.2) is 66.7 Å². The van der Waals surface area contributed by atoms with Gasteiger partial charge in [0.1, 0.15) is 23.4 Å². The van der Waals surface area contributed by atoms with Crippen molar-refractivity contribution in [3.05, 3.63) is 77.9 Å². The summed E-state index contributed by atoms with van der Waals surface area (Å²) >= 11 is 1.45. The van der Waals surface area contributed by atoms with Gasteiger partial charge in [0.2, 0.25) is 0 Å². The van der Waals surface area contributed by atoms with Crippen molar-refractivity contribution in [3.8, 4) is 27.7 Å². The van der Waals surface area contributed by atoms with Crippen LogP contribution >= 0.6 is 11.3 Å². The van der Waals surface area contributed by atoms with Crippen molar-refractivity contribution in [1.82, 2.24) is 4.90 Å². The molecular formula is C30H33NO5S. The fraction of sp³-hybridized carbons (Fsp3) is 0.300. The third kappa shape index (κ3) is 6.13. The molecule has 0 saturated carbocycles. The molecule has 0 radical (unpaired) electrons. The Morgan fingerprint density at radius 2 is 1.65 bits per heavy atom. The molecule has 1 aromatic heterocycles. The number of phenolic OH excluding ortho intramolecular Hbond substituents is 2. The van der Waals surface area contributed by atoms with Crippen LogP contribution in [0.3, 0.4) is 0 Å². The lowest BCUT2D eigenvalue weighted by atomic mass is 9.97. The maximum absolute atomic E-state index is 13.7. The molecule has 0 unspecified atom stereocenters. The number of thiophene rings is 1. The first kappa shape index (κ1) is 26.7. The van der Waals surface area contributed by atoms with Gasteiger partial charge in [-0.3, -0.25) is 9.69 Å². The summed E-state index contributed by atoms with van der Waals surface area (Å²) in [6.07, 6.45) is 1.18. The standard InChI is InChI=1S/C28H27NO5S.C2H6/c1-33-14-2-13-29-16-23(17-29)34-22-10-5-18(6-11-22)27(32)26-24-12-9-21(31)15-25(24)35-28(26)19-3-7-20(30)8-4-19;1-2/h3-12,15,23,30-31H,2,13-14,16-17H2,1H3;1-2H3. The topological polar surface area (TPSA) is 79.2 Å². The average Bonchev–Trinajstić information content (AvgIpc) is 3.27. The van der Waals surface area contributed by atoms with Gasteiger partial charge in [-0.2, -0.15) is 0 Å². The molecule has 5 rings (SSSR count). The van der Waals surface area contributed by atoms with E-state index in [0.29, 0.717) is 11.1 Å². The van der Waals surface area contributed by atoms with Gasteiger partial charge in [-0.25, -0.2) is 0 Å². The Morgan fingerprint density at radius 3 is 2.32 bits per heavy atom. The summed E-state index contributed by atoms with van der Waals surface area (Å²) in [4.78, 5) is 16.8. The first-order valence-corrected chi connectivity index (χ1v) is 13.4. The van der Waals surface area contributed by atoms with Gasteiger partial charge in [-0.05, 0) is 78.7 Å². The molecule has 4 aromatic rings. The summed E-state index contributed by atoms with van der Waals surface area (Å²) in [5.41, 5.74) is 2.00. The molecule has 1 saturated heterocycles. The number of carbonyl (C=O) groups is 1. The molecule has 0 atom stereocenters. The van der Waals surface area contributed by atoms with E-state index in [1.54, 1.807) is 61.7 Å². The number of rotatable bonds is 9. The lowest BCUT2D eigenvalue weighted by Crippen LogP contribution is -2.53. The molecule has 2 N–H and O–H groups in total. The van der Waals surface area contributed by atoms with Crippen molar-refractivity contribution in [3.63, 3.8) is 0 Å². The van der Waals surface area contributed by atoms with Gasteiger partial charge in [0.25, 0.3) is 0 Å². The Labute approximate surface area is 221 Å². The number of methoxy groups -OCH3 is 1. The number of benzene rings is 3. The molecule has 3 aromatic carbocycles. The van der Waals surface area contributed by atoms with Crippen LogP contribution in [-0.4, -0.2) is 60.4 Å². The summed E-state index contributed by atoms with van der Waals surface area (Å²) in [6.45, 7) is 7.58. The number of ketones is 1. The van der Waals surface area contributed by atoms with Crippen molar-refractivity contribution in [2.75, 3.05) is 33.4 Å². The van der Waals surface area contributed by atoms with E-state index in [2.05, 4.69) is 4.90 Å². The fourth-order valence-electron chi connectivity index (χ4n) is 4.36. The molecule has 0 aliphatic carbocycles. The zero-order valence-electron chi connectivity index (χ0n) is 21.4. The predicted molar refractivity (Wildman–Crippen MR) is 149 cm³/mol. The third-order valence-electron chi connectivity index (χ3n) is 6.20. The van der Waals surface area contributed by atoms with Crippen molar-refractivity contribution in [2.24, 2.45) is 0 Å². The minimum atomic E-state index is -0.0930. The largest absolute Gasteiger partial charge is 0.508 e. The number of hydrogen-bond acceptors (Lipinski definition) is 7. The average molecular weight is 520 g/mol. The first-order valence-electron chi connectivity index (χ1n) is 12.6. The van der Waals surface area contributed by atoms with E-state index >= 15 is 0 Å². The molecule has 6 nitrogen and oxygen atoms in total. The highest BCUT2D eigenvalue weighted by Gasteiger charge is 2.28. The maximum atomic E-state index is 13.7. The number of aromatic hydroxyl groups is 2. The van der Waals surface area contributed by atoms with Gasteiger partial charge in [0.05, 0.1) is 0 Å². The second kappa shape index (κ2) is 12.2. The number of fused-ring (bicyclic) bond motifs is 1. The lowest BCUT2D eigenvalue weighted by molar-refractivity contribution is 0.0153. The molecule has 0 spiro atoms. The zero-order valence-corrected chi connectivity index (χ0v) is 22.3. The molecule has 1 fully saturated rings. The quantitative estimate of drug-likeness (QED) is 0.199. The van der Waals surface area contributed by atoms with E-state index in [9.17, 15) is 15.0 Å². The molecule has 7 heteroatoms. The molecule has 2 heterocycles. The Hall–Kier alpha value is -3.39. The summed E-state index contributed by atoms with van der Waals surface area (Å²) in [7, 11) is 1.72. The van der Waals surface area contributed by atoms with Crippen LogP contribution in [0.2, 0.25) is 0 Å². The van der Waals surface area contributed by atoms with Crippen LogP contribution in [0.1, 0.15) is 36.2 Å². The summed E-state index contributed by atoms with van der Waals surface area (Å²) < 4.78 is 12.0. The van der Waals surface area contributed by atoms with Crippen LogP contribution in [0.4, 0.5) is 0 Å². The van der Waals surface area contributed by atoms with Crippen LogP contribution in [0, 0.1) is 0 Å². The zero-order chi connectivity index (χ0) is 26.4. The van der Waals surface area contributed by atoms with E-state index in [-0.39, 0.29) is 23.4 Å². The molecular weight excluding hydrogens is 486 g/mol. The fourth-order valence-corrected chi connectivity index (χ4v) is 5.60. The highest BCUT2D eigenvalue weighted by Crippen LogP contribution is 2.41. The molecule has 0 bridgehead atoms. The van der Waals surface area contributed by atoms with Crippen LogP contribution in [0.5, 0.6) is 17.2 Å². The number of hydrogen-bond donors (Lipinski definition) is 2. The first-order chi connectivity index (χ1) is 18.0. The molecule has 37 heavy (non-hydrogen) atoms. The molecule has 0 amide bonds. The predicted octanol–water partition coefficient (Wildman–Crippen LogP) is 6.34. The smallest absolute Gasteiger partial charge is 0.195 e. The van der Waals surface area contributed by atoms with Gasteiger partial charge in [-0.1, -0.05) is 13.8 Å². The SMILES string of the molecule is CC.COCCCN1CC(Oc2ccc(C(=O)c3c(-c4ccc(O)cc4)sc4cc(O)ccc34)cc2)C1. The second-order valence-electron chi connectivity index (χ2n) is 8.73.